The Hall–Kier alpha value is -2.60. The second-order valence-corrected chi connectivity index (χ2v) is 10.1. The first kappa shape index (κ1) is 25.0. The topological polar surface area (TPSA) is 50.1 Å². The van der Waals surface area contributed by atoms with Crippen molar-refractivity contribution in [3.8, 4) is 11.8 Å². The van der Waals surface area contributed by atoms with Gasteiger partial charge in [-0.3, -0.25) is 0 Å². The zero-order valence-electron chi connectivity index (χ0n) is 20.6. The van der Waals surface area contributed by atoms with Crippen LogP contribution in [0.5, 0.6) is 5.75 Å². The van der Waals surface area contributed by atoms with Crippen molar-refractivity contribution in [1.82, 2.24) is 0 Å². The number of esters is 1. The lowest BCUT2D eigenvalue weighted by Gasteiger charge is -2.29. The predicted octanol–water partition coefficient (Wildman–Crippen LogP) is 8.22. The van der Waals surface area contributed by atoms with E-state index in [0.29, 0.717) is 22.8 Å². The molecule has 0 bridgehead atoms. The maximum Gasteiger partial charge on any atom is 0.343 e. The molecule has 2 aromatic rings. The fourth-order valence-electron chi connectivity index (χ4n) is 4.89. The first-order valence-corrected chi connectivity index (χ1v) is 12.8. The minimum Gasteiger partial charge on any atom is -0.422 e. The summed E-state index contributed by atoms with van der Waals surface area (Å²) in [5.74, 6) is 2.20. The summed E-state index contributed by atoms with van der Waals surface area (Å²) in [6.45, 7) is 6.79. The van der Waals surface area contributed by atoms with Crippen molar-refractivity contribution >= 4 is 5.97 Å². The van der Waals surface area contributed by atoms with Gasteiger partial charge in [-0.05, 0) is 91.7 Å². The summed E-state index contributed by atoms with van der Waals surface area (Å²) in [4.78, 5) is 12.7. The van der Waals surface area contributed by atoms with Gasteiger partial charge >= 0.3 is 5.97 Å². The largest absolute Gasteiger partial charge is 0.422 e. The molecular weight excluding hydrogens is 406 g/mol. The van der Waals surface area contributed by atoms with E-state index in [0.717, 1.165) is 30.2 Å². The van der Waals surface area contributed by atoms with E-state index in [-0.39, 0.29) is 0 Å². The molecule has 3 heteroatoms. The van der Waals surface area contributed by atoms with Crippen LogP contribution in [0, 0.1) is 23.2 Å². The lowest BCUT2D eigenvalue weighted by molar-refractivity contribution is 0.0734. The fraction of sp³-hybridized carbons (Fsp3) is 0.533. The van der Waals surface area contributed by atoms with E-state index < -0.39 is 5.97 Å². The highest BCUT2D eigenvalue weighted by Gasteiger charge is 2.23. The Kier molecular flexibility index (Phi) is 9.55. The van der Waals surface area contributed by atoms with Crippen LogP contribution < -0.4 is 4.74 Å². The Morgan fingerprint density at radius 2 is 1.79 bits per heavy atom. The molecular formula is C30H39NO2. The van der Waals surface area contributed by atoms with Gasteiger partial charge in [0, 0.05) is 0 Å². The predicted molar refractivity (Wildman–Crippen MR) is 135 cm³/mol. The van der Waals surface area contributed by atoms with E-state index in [9.17, 15) is 10.1 Å². The number of carbonyl (C=O) groups excluding carboxylic acids is 1. The van der Waals surface area contributed by atoms with E-state index >= 15 is 0 Å². The number of carbonyl (C=O) groups is 1. The number of ether oxygens (including phenoxy) is 1. The summed E-state index contributed by atoms with van der Waals surface area (Å²) in [7, 11) is 0. The number of nitriles is 1. The minimum absolute atomic E-state index is 0.338. The van der Waals surface area contributed by atoms with Gasteiger partial charge < -0.3 is 4.74 Å². The van der Waals surface area contributed by atoms with Crippen LogP contribution in [0.1, 0.15) is 112 Å². The van der Waals surface area contributed by atoms with Crippen LogP contribution in [0.25, 0.3) is 0 Å². The molecule has 1 saturated carbocycles. The SMILES string of the molecule is CCCCCc1ccc(OC(=O)c2ccc(C3CCC(CCC(C)C)CC3)cc2)c(C#N)c1. The van der Waals surface area contributed by atoms with Crippen molar-refractivity contribution in [3.63, 3.8) is 0 Å². The summed E-state index contributed by atoms with van der Waals surface area (Å²) in [5, 5.41) is 9.52. The van der Waals surface area contributed by atoms with Crippen molar-refractivity contribution in [3.05, 3.63) is 64.7 Å². The standard InChI is InChI=1S/C30H39NO2/c1-4-5-6-7-24-12-19-29(28(20-24)21-31)33-30(32)27-17-15-26(16-18-27)25-13-10-23(11-14-25)9-8-22(2)3/h12,15-20,22-23,25H,4-11,13-14H2,1-3H3. The molecule has 0 heterocycles. The molecule has 33 heavy (non-hydrogen) atoms. The van der Waals surface area contributed by atoms with Crippen molar-refractivity contribution in [1.29, 1.82) is 5.26 Å². The van der Waals surface area contributed by atoms with Gasteiger partial charge in [-0.1, -0.05) is 64.7 Å². The van der Waals surface area contributed by atoms with Crippen LogP contribution in [0.3, 0.4) is 0 Å². The second kappa shape index (κ2) is 12.6. The maximum atomic E-state index is 12.7. The molecule has 0 aromatic heterocycles. The van der Waals surface area contributed by atoms with Crippen molar-refractivity contribution < 1.29 is 9.53 Å². The molecule has 0 spiro atoms. The van der Waals surface area contributed by atoms with Crippen LogP contribution in [0.15, 0.2) is 42.5 Å². The number of aryl methyl sites for hydroxylation is 1. The highest BCUT2D eigenvalue weighted by atomic mass is 16.5. The Morgan fingerprint density at radius 1 is 1.06 bits per heavy atom. The molecule has 3 nitrogen and oxygen atoms in total. The van der Waals surface area contributed by atoms with Crippen LogP contribution in [0.2, 0.25) is 0 Å². The average molecular weight is 446 g/mol. The van der Waals surface area contributed by atoms with Crippen molar-refractivity contribution in [2.45, 2.75) is 90.9 Å². The van der Waals surface area contributed by atoms with Gasteiger partial charge in [0.15, 0.2) is 0 Å². The normalized spacial score (nSPS) is 18.2. The highest BCUT2D eigenvalue weighted by Crippen LogP contribution is 2.38. The third-order valence-corrected chi connectivity index (χ3v) is 7.05. The van der Waals surface area contributed by atoms with Gasteiger partial charge in [-0.15, -0.1) is 0 Å². The van der Waals surface area contributed by atoms with Crippen LogP contribution in [-0.4, -0.2) is 5.97 Å². The first-order valence-electron chi connectivity index (χ1n) is 12.8. The number of rotatable bonds is 10. The second-order valence-electron chi connectivity index (χ2n) is 10.1. The number of benzene rings is 2. The third kappa shape index (κ3) is 7.46. The van der Waals surface area contributed by atoms with Gasteiger partial charge in [0.1, 0.15) is 11.8 Å². The van der Waals surface area contributed by atoms with E-state index in [2.05, 4.69) is 39.0 Å². The molecule has 1 aliphatic rings. The summed E-state index contributed by atoms with van der Waals surface area (Å²) < 4.78 is 5.59. The molecule has 1 aliphatic carbocycles. The van der Waals surface area contributed by atoms with Crippen LogP contribution >= 0.6 is 0 Å². The van der Waals surface area contributed by atoms with E-state index in [1.165, 1.54) is 56.9 Å². The fourth-order valence-corrected chi connectivity index (χ4v) is 4.89. The maximum absolute atomic E-state index is 12.7. The van der Waals surface area contributed by atoms with E-state index in [1.54, 1.807) is 6.07 Å². The number of hydrogen-bond acceptors (Lipinski definition) is 3. The van der Waals surface area contributed by atoms with Crippen LogP contribution in [-0.2, 0) is 6.42 Å². The molecule has 0 saturated heterocycles. The Balaban J connectivity index is 1.56. The molecule has 0 atom stereocenters. The zero-order chi connectivity index (χ0) is 23.6. The van der Waals surface area contributed by atoms with E-state index in [4.69, 9.17) is 4.74 Å². The number of hydrogen-bond donors (Lipinski definition) is 0. The quantitative estimate of drug-likeness (QED) is 0.210. The molecule has 0 amide bonds. The first-order chi connectivity index (χ1) is 16.0. The summed E-state index contributed by atoms with van der Waals surface area (Å²) >= 11 is 0. The van der Waals surface area contributed by atoms with Gasteiger partial charge in [-0.2, -0.15) is 5.26 Å². The lowest BCUT2D eigenvalue weighted by Crippen LogP contribution is -2.14. The minimum atomic E-state index is -0.408. The summed E-state index contributed by atoms with van der Waals surface area (Å²) in [6.07, 6.45) is 12.2. The van der Waals surface area contributed by atoms with Crippen molar-refractivity contribution in [2.75, 3.05) is 0 Å². The van der Waals surface area contributed by atoms with Crippen LogP contribution in [0.4, 0.5) is 0 Å². The lowest BCUT2D eigenvalue weighted by atomic mass is 9.76. The van der Waals surface area contributed by atoms with Gasteiger partial charge in [0.05, 0.1) is 11.1 Å². The van der Waals surface area contributed by atoms with Gasteiger partial charge in [0.2, 0.25) is 0 Å². The third-order valence-electron chi connectivity index (χ3n) is 7.05. The van der Waals surface area contributed by atoms with Gasteiger partial charge in [0.25, 0.3) is 0 Å². The average Bonchev–Trinajstić information content (AvgIpc) is 2.84. The Labute approximate surface area is 200 Å². The van der Waals surface area contributed by atoms with Gasteiger partial charge in [-0.25, -0.2) is 4.79 Å². The molecule has 0 unspecified atom stereocenters. The molecule has 176 valence electrons. The van der Waals surface area contributed by atoms with Crippen molar-refractivity contribution in [2.24, 2.45) is 11.8 Å². The highest BCUT2D eigenvalue weighted by molar-refractivity contribution is 5.91. The number of nitrogens with zero attached hydrogens (tertiary/aromatic N) is 1. The number of unbranched alkanes of at least 4 members (excludes halogenated alkanes) is 2. The molecule has 3 rings (SSSR count). The summed E-state index contributed by atoms with van der Waals surface area (Å²) in [5.41, 5.74) is 3.38. The molecule has 0 aliphatic heterocycles. The molecule has 2 aromatic carbocycles. The molecule has 0 N–H and O–H groups in total. The molecule has 1 fully saturated rings. The summed E-state index contributed by atoms with van der Waals surface area (Å²) in [6, 6.07) is 15.6. The van der Waals surface area contributed by atoms with E-state index in [1.807, 2.05) is 24.3 Å². The zero-order valence-corrected chi connectivity index (χ0v) is 20.6. The smallest absolute Gasteiger partial charge is 0.343 e. The Bertz CT molecular complexity index is 931. The molecule has 0 radical (unpaired) electrons. The monoisotopic (exact) mass is 445 g/mol. The Morgan fingerprint density at radius 3 is 2.42 bits per heavy atom.